The molecule has 152 valence electrons. The zero-order valence-corrected chi connectivity index (χ0v) is 17.2. The van der Waals surface area contributed by atoms with Gasteiger partial charge in [-0.1, -0.05) is 38.1 Å². The van der Waals surface area contributed by atoms with Crippen molar-refractivity contribution in [1.29, 1.82) is 0 Å². The number of benzene rings is 2. The van der Waals surface area contributed by atoms with Crippen molar-refractivity contribution in [1.82, 2.24) is 0 Å². The zero-order valence-electron chi connectivity index (χ0n) is 17.2. The first-order valence-electron chi connectivity index (χ1n) is 10.3. The number of rotatable bonds is 11. The largest absolute Gasteiger partial charge is 0.508 e. The van der Waals surface area contributed by atoms with Gasteiger partial charge in [-0.3, -0.25) is 4.79 Å². The van der Waals surface area contributed by atoms with Crippen LogP contribution in [0, 0.1) is 0 Å². The second-order valence-electron chi connectivity index (χ2n) is 6.95. The Morgan fingerprint density at radius 2 is 1.43 bits per heavy atom. The quantitative estimate of drug-likeness (QED) is 0.393. The summed E-state index contributed by atoms with van der Waals surface area (Å²) in [6.07, 6.45) is 3.11. The highest BCUT2D eigenvalue weighted by molar-refractivity contribution is 5.69. The van der Waals surface area contributed by atoms with Crippen molar-refractivity contribution >= 4 is 5.97 Å². The topological polar surface area (TPSA) is 55.8 Å². The van der Waals surface area contributed by atoms with Crippen molar-refractivity contribution in [3.63, 3.8) is 0 Å². The van der Waals surface area contributed by atoms with Gasteiger partial charge in [0.1, 0.15) is 11.5 Å². The van der Waals surface area contributed by atoms with Crippen LogP contribution in [0.25, 0.3) is 0 Å². The van der Waals surface area contributed by atoms with E-state index in [2.05, 4.69) is 26.0 Å². The second-order valence-corrected chi connectivity index (χ2v) is 6.95. The number of hydrogen-bond acceptors (Lipinski definition) is 4. The molecule has 0 aliphatic heterocycles. The summed E-state index contributed by atoms with van der Waals surface area (Å²) in [5, 5.41) is 9.56. The van der Waals surface area contributed by atoms with E-state index in [0.717, 1.165) is 18.6 Å². The van der Waals surface area contributed by atoms with Gasteiger partial charge in [0.15, 0.2) is 0 Å². The van der Waals surface area contributed by atoms with Crippen molar-refractivity contribution in [3.8, 4) is 11.5 Å². The number of esters is 1. The highest BCUT2D eigenvalue weighted by Crippen LogP contribution is 2.38. The van der Waals surface area contributed by atoms with Gasteiger partial charge in [0.2, 0.25) is 0 Å². The number of hydrogen-bond donors (Lipinski definition) is 1. The average Bonchev–Trinajstić information content (AvgIpc) is 2.71. The van der Waals surface area contributed by atoms with Crippen LogP contribution in [-0.4, -0.2) is 24.3 Å². The fourth-order valence-electron chi connectivity index (χ4n) is 3.68. The molecule has 0 bridgehead atoms. The summed E-state index contributed by atoms with van der Waals surface area (Å²) < 4.78 is 10.7. The molecule has 2 rings (SSSR count). The van der Waals surface area contributed by atoms with Crippen LogP contribution < -0.4 is 4.74 Å². The van der Waals surface area contributed by atoms with Gasteiger partial charge in [-0.25, -0.2) is 0 Å². The minimum absolute atomic E-state index is 0.174. The molecule has 2 aromatic carbocycles. The van der Waals surface area contributed by atoms with Gasteiger partial charge >= 0.3 is 5.97 Å². The highest BCUT2D eigenvalue weighted by atomic mass is 16.5. The van der Waals surface area contributed by atoms with E-state index in [0.29, 0.717) is 43.6 Å². The van der Waals surface area contributed by atoms with E-state index in [4.69, 9.17) is 9.47 Å². The summed E-state index contributed by atoms with van der Waals surface area (Å²) in [4.78, 5) is 11.3. The van der Waals surface area contributed by atoms with E-state index in [-0.39, 0.29) is 5.97 Å². The predicted octanol–water partition coefficient (Wildman–Crippen LogP) is 5.80. The molecule has 0 spiro atoms. The van der Waals surface area contributed by atoms with Crippen molar-refractivity contribution < 1.29 is 19.4 Å². The molecule has 2 atom stereocenters. The van der Waals surface area contributed by atoms with Crippen molar-refractivity contribution in [2.75, 3.05) is 13.2 Å². The lowest BCUT2D eigenvalue weighted by molar-refractivity contribution is -0.143. The summed E-state index contributed by atoms with van der Waals surface area (Å²) in [5.41, 5.74) is 2.55. The number of aromatic hydroxyl groups is 1. The maximum absolute atomic E-state index is 11.3. The normalized spacial score (nSPS) is 13.0. The molecule has 4 heteroatoms. The van der Waals surface area contributed by atoms with E-state index in [1.54, 1.807) is 12.1 Å². The van der Waals surface area contributed by atoms with Crippen LogP contribution >= 0.6 is 0 Å². The first-order valence-corrected chi connectivity index (χ1v) is 10.3. The monoisotopic (exact) mass is 384 g/mol. The van der Waals surface area contributed by atoms with Crippen molar-refractivity contribution in [2.45, 2.75) is 58.3 Å². The van der Waals surface area contributed by atoms with Crippen LogP contribution in [0.4, 0.5) is 0 Å². The molecular weight excluding hydrogens is 352 g/mol. The van der Waals surface area contributed by atoms with Crippen molar-refractivity contribution in [3.05, 3.63) is 59.7 Å². The third kappa shape index (κ3) is 6.29. The average molecular weight is 385 g/mol. The van der Waals surface area contributed by atoms with Gasteiger partial charge in [0.05, 0.1) is 13.2 Å². The van der Waals surface area contributed by atoms with Crippen LogP contribution in [0.2, 0.25) is 0 Å². The maximum atomic E-state index is 11.3. The summed E-state index contributed by atoms with van der Waals surface area (Å²) >= 11 is 0. The summed E-state index contributed by atoms with van der Waals surface area (Å²) in [7, 11) is 0. The molecule has 0 radical (unpaired) electrons. The summed E-state index contributed by atoms with van der Waals surface area (Å²) in [6, 6.07) is 15.9. The summed E-state index contributed by atoms with van der Waals surface area (Å²) in [5.74, 6) is 1.76. The van der Waals surface area contributed by atoms with Gasteiger partial charge in [0, 0.05) is 6.42 Å². The van der Waals surface area contributed by atoms with Crippen molar-refractivity contribution in [2.24, 2.45) is 0 Å². The van der Waals surface area contributed by atoms with Gasteiger partial charge in [-0.15, -0.1) is 0 Å². The van der Waals surface area contributed by atoms with Gasteiger partial charge in [-0.05, 0) is 73.4 Å². The second kappa shape index (κ2) is 11.4. The third-order valence-corrected chi connectivity index (χ3v) is 5.09. The minimum atomic E-state index is -0.174. The molecule has 0 saturated carbocycles. The van der Waals surface area contributed by atoms with E-state index in [9.17, 15) is 9.90 Å². The minimum Gasteiger partial charge on any atom is -0.508 e. The highest BCUT2D eigenvalue weighted by Gasteiger charge is 2.22. The van der Waals surface area contributed by atoms with Crippen LogP contribution in [0.3, 0.4) is 0 Å². The number of ether oxygens (including phenoxy) is 2. The van der Waals surface area contributed by atoms with E-state index in [1.165, 1.54) is 11.1 Å². The van der Waals surface area contributed by atoms with Crippen LogP contribution in [-0.2, 0) is 9.53 Å². The standard InChI is InChI=1S/C24H32O4/c1-4-22(18-9-13-20(25)14-10-18)23(5-2)19-11-15-21(16-12-19)28-17-7-8-24(26)27-6-3/h9-16,22-23,25H,4-8,17H2,1-3H3/t22-,23+/m0/s1. The van der Waals surface area contributed by atoms with Gasteiger partial charge in [0.25, 0.3) is 0 Å². The number of carbonyl (C=O) groups excluding carboxylic acids is 1. The predicted molar refractivity (Wildman–Crippen MR) is 112 cm³/mol. The van der Waals surface area contributed by atoms with E-state index < -0.39 is 0 Å². The first-order chi connectivity index (χ1) is 13.6. The Kier molecular flexibility index (Phi) is 8.86. The molecule has 0 fully saturated rings. The molecule has 0 aliphatic rings. The lowest BCUT2D eigenvalue weighted by atomic mass is 9.78. The molecule has 2 aromatic rings. The Morgan fingerprint density at radius 1 is 0.893 bits per heavy atom. The Labute approximate surface area is 168 Å². The molecule has 0 aliphatic carbocycles. The number of carbonyl (C=O) groups is 1. The molecule has 0 heterocycles. The molecule has 28 heavy (non-hydrogen) atoms. The third-order valence-electron chi connectivity index (χ3n) is 5.09. The Bertz CT molecular complexity index is 706. The lowest BCUT2D eigenvalue weighted by Crippen LogP contribution is -2.10. The zero-order chi connectivity index (χ0) is 20.4. The Morgan fingerprint density at radius 3 is 1.93 bits per heavy atom. The van der Waals surface area contributed by atoms with Gasteiger partial charge < -0.3 is 14.6 Å². The fraction of sp³-hybridized carbons (Fsp3) is 0.458. The maximum Gasteiger partial charge on any atom is 0.305 e. The lowest BCUT2D eigenvalue weighted by Gasteiger charge is -2.26. The first kappa shape index (κ1) is 21.8. The fourth-order valence-corrected chi connectivity index (χ4v) is 3.68. The molecule has 1 N–H and O–H groups in total. The number of phenols is 1. The Balaban J connectivity index is 1.97. The molecule has 0 amide bonds. The molecule has 0 aromatic heterocycles. The molecular formula is C24H32O4. The SMILES string of the molecule is CCOC(=O)CCCOc1ccc([C@@H](CC)[C@@H](CC)c2ccc(O)cc2)cc1. The van der Waals surface area contributed by atoms with Crippen LogP contribution in [0.5, 0.6) is 11.5 Å². The molecule has 4 nitrogen and oxygen atoms in total. The summed E-state index contributed by atoms with van der Waals surface area (Å²) in [6.45, 7) is 7.15. The van der Waals surface area contributed by atoms with Crippen LogP contribution in [0.1, 0.15) is 69.4 Å². The van der Waals surface area contributed by atoms with Crippen LogP contribution in [0.15, 0.2) is 48.5 Å². The van der Waals surface area contributed by atoms with Gasteiger partial charge in [-0.2, -0.15) is 0 Å². The number of phenolic OH excluding ortho intramolecular Hbond substituents is 1. The molecule has 0 saturated heterocycles. The Hall–Kier alpha value is -2.49. The smallest absolute Gasteiger partial charge is 0.305 e. The van der Waals surface area contributed by atoms with E-state index >= 15 is 0 Å². The van der Waals surface area contributed by atoms with E-state index in [1.807, 2.05) is 31.2 Å². The molecule has 0 unspecified atom stereocenters.